The minimum absolute atomic E-state index is 0.608. The van der Waals surface area contributed by atoms with Crippen LogP contribution in [0.15, 0.2) is 24.4 Å². The van der Waals surface area contributed by atoms with Crippen LogP contribution in [0, 0.1) is 11.3 Å². The molecule has 17 heavy (non-hydrogen) atoms. The number of nitrogens with zero attached hydrogens (tertiary/aromatic N) is 1. The van der Waals surface area contributed by atoms with E-state index in [1.54, 1.807) is 0 Å². The van der Waals surface area contributed by atoms with Crippen LogP contribution in [0.25, 0.3) is 10.9 Å². The molecule has 0 fully saturated rings. The molecule has 0 amide bonds. The summed E-state index contributed by atoms with van der Waals surface area (Å²) in [6, 6.07) is 8.10. The normalized spacial score (nSPS) is 11.6. The molecule has 2 rings (SSSR count). The molecule has 0 atom stereocenters. The number of thioether (sulfide) groups is 2. The van der Waals surface area contributed by atoms with Crippen molar-refractivity contribution in [1.82, 2.24) is 4.98 Å². The van der Waals surface area contributed by atoms with E-state index in [0.717, 1.165) is 16.5 Å². The first kappa shape index (κ1) is 12.7. The van der Waals surface area contributed by atoms with Crippen LogP contribution in [-0.4, -0.2) is 17.5 Å². The van der Waals surface area contributed by atoms with Crippen LogP contribution in [0.4, 0.5) is 0 Å². The highest BCUT2D eigenvalue weighted by Crippen LogP contribution is 2.47. The smallest absolute Gasteiger partial charge is 0.175 e. The first-order valence-corrected chi connectivity index (χ1v) is 7.79. The first-order chi connectivity index (χ1) is 8.18. The van der Waals surface area contributed by atoms with Gasteiger partial charge >= 0.3 is 0 Å². The Hall–Kier alpha value is -0.760. The fourth-order valence-electron chi connectivity index (χ4n) is 1.85. The maximum atomic E-state index is 9.45. The molecule has 0 bridgehead atoms. The number of aromatic nitrogens is 1. The number of halogens is 1. The molecule has 1 aromatic heterocycles. The summed E-state index contributed by atoms with van der Waals surface area (Å²) in [7, 11) is 0. The van der Waals surface area contributed by atoms with Crippen molar-refractivity contribution in [1.29, 1.82) is 5.26 Å². The van der Waals surface area contributed by atoms with E-state index in [1.807, 2.05) is 36.9 Å². The van der Waals surface area contributed by atoms with Crippen LogP contribution in [0.3, 0.4) is 0 Å². The highest BCUT2D eigenvalue weighted by atomic mass is 35.5. The standard InChI is InChI=1S/C12H11ClN2S2/c1-16-12(7-14,17-2)8-6-15-10-5-3-4-9(13)11(8)10/h3-6,15H,1-2H3. The van der Waals surface area contributed by atoms with Crippen molar-refractivity contribution in [2.24, 2.45) is 0 Å². The van der Waals surface area contributed by atoms with E-state index in [0.29, 0.717) is 5.02 Å². The van der Waals surface area contributed by atoms with Crippen LogP contribution >= 0.6 is 35.1 Å². The number of hydrogen-bond donors (Lipinski definition) is 1. The molecule has 0 spiro atoms. The molecular formula is C12H11ClN2S2. The summed E-state index contributed by atoms with van der Waals surface area (Å²) in [5.74, 6) is 0. The number of nitrogens with one attached hydrogen (secondary N) is 1. The average molecular weight is 283 g/mol. The lowest BCUT2D eigenvalue weighted by Crippen LogP contribution is -2.13. The number of rotatable bonds is 3. The molecule has 0 saturated heterocycles. The lowest BCUT2D eigenvalue weighted by atomic mass is 10.1. The van der Waals surface area contributed by atoms with E-state index in [1.165, 1.54) is 23.5 Å². The van der Waals surface area contributed by atoms with Crippen molar-refractivity contribution in [2.75, 3.05) is 12.5 Å². The molecule has 2 nitrogen and oxygen atoms in total. The molecule has 1 heterocycles. The summed E-state index contributed by atoms with van der Waals surface area (Å²) >= 11 is 9.28. The van der Waals surface area contributed by atoms with E-state index in [-0.39, 0.29) is 0 Å². The molecule has 0 aliphatic rings. The predicted octanol–water partition coefficient (Wildman–Crippen LogP) is 4.22. The topological polar surface area (TPSA) is 39.6 Å². The molecular weight excluding hydrogens is 272 g/mol. The fourth-order valence-corrected chi connectivity index (χ4v) is 3.74. The molecule has 0 radical (unpaired) electrons. The van der Waals surface area contributed by atoms with Crippen molar-refractivity contribution >= 4 is 46.0 Å². The summed E-state index contributed by atoms with van der Waals surface area (Å²) in [4.78, 5) is 3.17. The van der Waals surface area contributed by atoms with E-state index < -0.39 is 4.08 Å². The second-order valence-corrected chi connectivity index (χ2v) is 6.21. The Morgan fingerprint density at radius 3 is 2.65 bits per heavy atom. The molecule has 1 N–H and O–H groups in total. The van der Waals surface area contributed by atoms with Gasteiger partial charge in [-0.2, -0.15) is 5.26 Å². The van der Waals surface area contributed by atoms with Crippen LogP contribution in [0.1, 0.15) is 5.56 Å². The molecule has 0 aliphatic carbocycles. The predicted molar refractivity (Wildman–Crippen MR) is 77.6 cm³/mol. The lowest BCUT2D eigenvalue weighted by molar-refractivity contribution is 1.16. The highest BCUT2D eigenvalue weighted by Gasteiger charge is 2.33. The van der Waals surface area contributed by atoms with Gasteiger partial charge in [-0.25, -0.2) is 0 Å². The summed E-state index contributed by atoms with van der Waals surface area (Å²) in [5.41, 5.74) is 1.91. The second kappa shape index (κ2) is 4.85. The Bertz CT molecular complexity index is 582. The number of hydrogen-bond acceptors (Lipinski definition) is 3. The van der Waals surface area contributed by atoms with Gasteiger partial charge in [-0.1, -0.05) is 17.7 Å². The molecule has 0 saturated carbocycles. The van der Waals surface area contributed by atoms with E-state index in [2.05, 4.69) is 11.1 Å². The van der Waals surface area contributed by atoms with Crippen molar-refractivity contribution in [2.45, 2.75) is 4.08 Å². The molecule has 2 aromatic rings. The SMILES string of the molecule is CSC(C#N)(SC)c1c[nH]c2cccc(Cl)c12. The largest absolute Gasteiger partial charge is 0.361 e. The second-order valence-electron chi connectivity index (χ2n) is 3.50. The van der Waals surface area contributed by atoms with Gasteiger partial charge in [0.25, 0.3) is 0 Å². The zero-order chi connectivity index (χ0) is 12.5. The van der Waals surface area contributed by atoms with Gasteiger partial charge in [0.1, 0.15) is 0 Å². The monoisotopic (exact) mass is 282 g/mol. The van der Waals surface area contributed by atoms with Gasteiger partial charge in [0, 0.05) is 22.7 Å². The number of aromatic amines is 1. The zero-order valence-electron chi connectivity index (χ0n) is 9.45. The van der Waals surface area contributed by atoms with Crippen molar-refractivity contribution < 1.29 is 0 Å². The average Bonchev–Trinajstić information content (AvgIpc) is 2.78. The van der Waals surface area contributed by atoms with Crippen molar-refractivity contribution in [3.05, 3.63) is 35.0 Å². The first-order valence-electron chi connectivity index (χ1n) is 4.96. The molecule has 5 heteroatoms. The van der Waals surface area contributed by atoms with Crippen LogP contribution in [-0.2, 0) is 4.08 Å². The molecule has 88 valence electrons. The fraction of sp³-hybridized carbons (Fsp3) is 0.250. The van der Waals surface area contributed by atoms with Gasteiger partial charge in [0.2, 0.25) is 0 Å². The van der Waals surface area contributed by atoms with E-state index >= 15 is 0 Å². The van der Waals surface area contributed by atoms with Gasteiger partial charge in [0.15, 0.2) is 4.08 Å². The lowest BCUT2D eigenvalue weighted by Gasteiger charge is -2.21. The Morgan fingerprint density at radius 1 is 1.35 bits per heavy atom. The Balaban J connectivity index is 2.76. The number of H-pyrrole nitrogens is 1. The van der Waals surface area contributed by atoms with Crippen LogP contribution in [0.2, 0.25) is 5.02 Å². The van der Waals surface area contributed by atoms with Gasteiger partial charge in [-0.3, -0.25) is 0 Å². The van der Waals surface area contributed by atoms with Gasteiger partial charge in [0.05, 0.1) is 11.1 Å². The Morgan fingerprint density at radius 2 is 2.06 bits per heavy atom. The van der Waals surface area contributed by atoms with E-state index in [9.17, 15) is 5.26 Å². The molecule has 0 unspecified atom stereocenters. The van der Waals surface area contributed by atoms with Gasteiger partial charge in [-0.05, 0) is 24.6 Å². The summed E-state index contributed by atoms with van der Waals surface area (Å²) < 4.78 is -0.608. The Kier molecular flexibility index (Phi) is 3.62. The van der Waals surface area contributed by atoms with Crippen molar-refractivity contribution in [3.63, 3.8) is 0 Å². The number of fused-ring (bicyclic) bond motifs is 1. The minimum Gasteiger partial charge on any atom is -0.361 e. The summed E-state index contributed by atoms with van der Waals surface area (Å²) in [6.07, 6.45) is 5.76. The Labute approximate surface area is 114 Å². The zero-order valence-corrected chi connectivity index (χ0v) is 11.8. The molecule has 0 aliphatic heterocycles. The minimum atomic E-state index is -0.608. The third-order valence-corrected chi connectivity index (χ3v) is 5.82. The third kappa shape index (κ3) is 1.93. The van der Waals surface area contributed by atoms with Crippen molar-refractivity contribution in [3.8, 4) is 6.07 Å². The summed E-state index contributed by atoms with van der Waals surface area (Å²) in [5, 5.41) is 11.1. The quantitative estimate of drug-likeness (QED) is 0.857. The van der Waals surface area contributed by atoms with Crippen LogP contribution in [0.5, 0.6) is 0 Å². The maximum absolute atomic E-state index is 9.45. The van der Waals surface area contributed by atoms with E-state index in [4.69, 9.17) is 11.6 Å². The van der Waals surface area contributed by atoms with Gasteiger partial charge in [-0.15, -0.1) is 23.5 Å². The number of benzene rings is 1. The van der Waals surface area contributed by atoms with Crippen LogP contribution < -0.4 is 0 Å². The molecule has 1 aromatic carbocycles. The van der Waals surface area contributed by atoms with Gasteiger partial charge < -0.3 is 4.98 Å². The highest BCUT2D eigenvalue weighted by molar-refractivity contribution is 8.17. The third-order valence-electron chi connectivity index (χ3n) is 2.73. The maximum Gasteiger partial charge on any atom is 0.175 e. The number of nitriles is 1. The summed E-state index contributed by atoms with van der Waals surface area (Å²) in [6.45, 7) is 0.